The minimum atomic E-state index is -3.48. The molecule has 0 saturated heterocycles. The number of nitrogens with zero attached hydrogens (tertiary/aromatic N) is 1. The molecular weight excluding hydrogens is 281 g/mol. The Labute approximate surface area is 109 Å². The van der Waals surface area contributed by atoms with Gasteiger partial charge in [0.1, 0.15) is 0 Å². The SMILES string of the molecule is N#Cc1ccc(OCCCCS(=O)(=O)Cl)c(F)c1. The number of hydrogen-bond acceptors (Lipinski definition) is 4. The van der Waals surface area contributed by atoms with Crippen molar-refractivity contribution < 1.29 is 17.5 Å². The zero-order valence-electron chi connectivity index (χ0n) is 9.40. The first-order chi connectivity index (χ1) is 8.42. The summed E-state index contributed by atoms with van der Waals surface area (Å²) in [6, 6.07) is 5.71. The highest BCUT2D eigenvalue weighted by atomic mass is 35.7. The normalized spacial score (nSPS) is 10.9. The van der Waals surface area contributed by atoms with Crippen molar-refractivity contribution in [2.75, 3.05) is 12.4 Å². The smallest absolute Gasteiger partial charge is 0.232 e. The molecule has 0 aliphatic heterocycles. The minimum Gasteiger partial charge on any atom is -0.491 e. The third kappa shape index (κ3) is 5.34. The lowest BCUT2D eigenvalue weighted by molar-refractivity contribution is 0.294. The number of hydrogen-bond donors (Lipinski definition) is 0. The fourth-order valence-electron chi connectivity index (χ4n) is 1.25. The molecule has 18 heavy (non-hydrogen) atoms. The van der Waals surface area contributed by atoms with Crippen LogP contribution in [0.1, 0.15) is 18.4 Å². The first kappa shape index (κ1) is 14.7. The zero-order chi connectivity index (χ0) is 13.6. The average molecular weight is 292 g/mol. The van der Waals surface area contributed by atoms with Crippen LogP contribution >= 0.6 is 10.7 Å². The molecule has 1 aromatic rings. The monoisotopic (exact) mass is 291 g/mol. The van der Waals surface area contributed by atoms with Crippen LogP contribution in [0.15, 0.2) is 18.2 Å². The number of nitriles is 1. The molecule has 0 atom stereocenters. The molecule has 4 nitrogen and oxygen atoms in total. The van der Waals surface area contributed by atoms with E-state index in [9.17, 15) is 12.8 Å². The van der Waals surface area contributed by atoms with Gasteiger partial charge in [-0.15, -0.1) is 0 Å². The molecule has 0 amide bonds. The molecule has 0 spiro atoms. The number of benzene rings is 1. The summed E-state index contributed by atoms with van der Waals surface area (Å²) in [4.78, 5) is 0. The van der Waals surface area contributed by atoms with Gasteiger partial charge in [0.25, 0.3) is 0 Å². The molecule has 0 aliphatic carbocycles. The van der Waals surface area contributed by atoms with Crippen molar-refractivity contribution in [3.8, 4) is 11.8 Å². The van der Waals surface area contributed by atoms with E-state index in [4.69, 9.17) is 20.7 Å². The van der Waals surface area contributed by atoms with Crippen LogP contribution < -0.4 is 4.74 Å². The van der Waals surface area contributed by atoms with Gasteiger partial charge < -0.3 is 4.74 Å². The molecule has 0 unspecified atom stereocenters. The first-order valence-corrected chi connectivity index (χ1v) is 7.65. The van der Waals surface area contributed by atoms with Crippen molar-refractivity contribution in [3.63, 3.8) is 0 Å². The van der Waals surface area contributed by atoms with E-state index in [0.29, 0.717) is 12.8 Å². The average Bonchev–Trinajstić information content (AvgIpc) is 2.29. The van der Waals surface area contributed by atoms with E-state index >= 15 is 0 Å². The standard InChI is InChI=1S/C11H11ClFNO3S/c12-18(15,16)6-2-1-5-17-11-4-3-9(8-14)7-10(11)13/h3-4,7H,1-2,5-6H2. The molecule has 0 aromatic heterocycles. The van der Waals surface area contributed by atoms with E-state index in [0.717, 1.165) is 6.07 Å². The second-order valence-corrected chi connectivity index (χ2v) is 6.45. The Morgan fingerprint density at radius 1 is 1.39 bits per heavy atom. The summed E-state index contributed by atoms with van der Waals surface area (Å²) in [5.41, 5.74) is 0.216. The fourth-order valence-corrected chi connectivity index (χ4v) is 2.12. The van der Waals surface area contributed by atoms with Crippen LogP contribution in [0.4, 0.5) is 4.39 Å². The van der Waals surface area contributed by atoms with E-state index < -0.39 is 14.9 Å². The van der Waals surface area contributed by atoms with E-state index in [1.807, 2.05) is 6.07 Å². The summed E-state index contributed by atoms with van der Waals surface area (Å²) in [7, 11) is 1.55. The van der Waals surface area contributed by atoms with Gasteiger partial charge in [0, 0.05) is 10.7 Å². The van der Waals surface area contributed by atoms with Gasteiger partial charge in [-0.25, -0.2) is 12.8 Å². The summed E-state index contributed by atoms with van der Waals surface area (Å²) < 4.78 is 39.7. The van der Waals surface area contributed by atoms with E-state index in [1.54, 1.807) is 0 Å². The lowest BCUT2D eigenvalue weighted by atomic mass is 10.2. The van der Waals surface area contributed by atoms with Crippen LogP contribution in [-0.4, -0.2) is 20.8 Å². The van der Waals surface area contributed by atoms with Crippen LogP contribution in [0.3, 0.4) is 0 Å². The van der Waals surface area contributed by atoms with Gasteiger partial charge in [-0.3, -0.25) is 0 Å². The lowest BCUT2D eigenvalue weighted by Crippen LogP contribution is -2.03. The molecule has 0 saturated carbocycles. The van der Waals surface area contributed by atoms with Gasteiger partial charge in [0.15, 0.2) is 11.6 Å². The Bertz CT molecular complexity index is 554. The highest BCUT2D eigenvalue weighted by Gasteiger charge is 2.06. The summed E-state index contributed by atoms with van der Waals surface area (Å²) in [6.45, 7) is 0.190. The maximum atomic E-state index is 13.3. The number of ether oxygens (including phenoxy) is 1. The van der Waals surface area contributed by atoms with Crippen molar-refractivity contribution in [2.24, 2.45) is 0 Å². The lowest BCUT2D eigenvalue weighted by Gasteiger charge is -2.06. The Hall–Kier alpha value is -1.32. The van der Waals surface area contributed by atoms with E-state index in [-0.39, 0.29) is 23.7 Å². The molecule has 1 aromatic carbocycles. The quantitative estimate of drug-likeness (QED) is 0.596. The van der Waals surface area contributed by atoms with Crippen LogP contribution in [0.25, 0.3) is 0 Å². The highest BCUT2D eigenvalue weighted by molar-refractivity contribution is 8.13. The Balaban J connectivity index is 2.39. The van der Waals surface area contributed by atoms with Crippen molar-refractivity contribution in [3.05, 3.63) is 29.6 Å². The van der Waals surface area contributed by atoms with Crippen molar-refractivity contribution in [1.29, 1.82) is 5.26 Å². The second kappa shape index (κ2) is 6.57. The van der Waals surface area contributed by atoms with E-state index in [2.05, 4.69) is 0 Å². The van der Waals surface area contributed by atoms with Gasteiger partial charge in [0.2, 0.25) is 9.05 Å². The summed E-state index contributed by atoms with van der Waals surface area (Å²) in [5.74, 6) is -0.699. The van der Waals surface area contributed by atoms with Crippen molar-refractivity contribution >= 4 is 19.7 Å². The van der Waals surface area contributed by atoms with Crippen LogP contribution in [0, 0.1) is 17.1 Å². The molecule has 0 N–H and O–H groups in total. The van der Waals surface area contributed by atoms with Gasteiger partial charge >= 0.3 is 0 Å². The fraction of sp³-hybridized carbons (Fsp3) is 0.364. The molecule has 0 aliphatic rings. The predicted octanol–water partition coefficient (Wildman–Crippen LogP) is 2.42. The first-order valence-electron chi connectivity index (χ1n) is 5.17. The second-order valence-electron chi connectivity index (χ2n) is 3.56. The maximum Gasteiger partial charge on any atom is 0.232 e. The Kier molecular flexibility index (Phi) is 5.38. The summed E-state index contributed by atoms with van der Waals surface area (Å²) in [6.07, 6.45) is 0.801. The van der Waals surface area contributed by atoms with E-state index in [1.165, 1.54) is 12.1 Å². The van der Waals surface area contributed by atoms with Gasteiger partial charge in [0.05, 0.1) is 24.0 Å². The summed E-state index contributed by atoms with van der Waals surface area (Å²) in [5, 5.41) is 8.55. The third-order valence-corrected chi connectivity index (χ3v) is 3.34. The van der Waals surface area contributed by atoms with Gasteiger partial charge in [-0.2, -0.15) is 5.26 Å². The molecular formula is C11H11ClFNO3S. The van der Waals surface area contributed by atoms with Gasteiger partial charge in [-0.05, 0) is 31.0 Å². The molecule has 0 radical (unpaired) electrons. The molecule has 7 heteroatoms. The molecule has 0 heterocycles. The topological polar surface area (TPSA) is 67.2 Å². The summed E-state index contributed by atoms with van der Waals surface area (Å²) >= 11 is 0. The largest absolute Gasteiger partial charge is 0.491 e. The van der Waals surface area contributed by atoms with Crippen molar-refractivity contribution in [1.82, 2.24) is 0 Å². The number of rotatable bonds is 6. The third-order valence-electron chi connectivity index (χ3n) is 2.10. The Morgan fingerprint density at radius 3 is 2.67 bits per heavy atom. The predicted molar refractivity (Wildman–Crippen MR) is 65.5 cm³/mol. The number of halogens is 2. The van der Waals surface area contributed by atoms with Gasteiger partial charge in [-0.1, -0.05) is 0 Å². The minimum absolute atomic E-state index is 0.0442. The molecule has 1 rings (SSSR count). The molecule has 0 fully saturated rings. The van der Waals surface area contributed by atoms with Crippen LogP contribution in [0.5, 0.6) is 5.75 Å². The molecule has 98 valence electrons. The Morgan fingerprint density at radius 2 is 2.11 bits per heavy atom. The maximum absolute atomic E-state index is 13.3. The highest BCUT2D eigenvalue weighted by Crippen LogP contribution is 2.18. The molecule has 0 bridgehead atoms. The number of unbranched alkanes of at least 4 members (excludes halogenated alkanes) is 1. The van der Waals surface area contributed by atoms with Crippen LogP contribution in [0.2, 0.25) is 0 Å². The van der Waals surface area contributed by atoms with Crippen LogP contribution in [-0.2, 0) is 9.05 Å². The van der Waals surface area contributed by atoms with Crippen molar-refractivity contribution in [2.45, 2.75) is 12.8 Å². The zero-order valence-corrected chi connectivity index (χ0v) is 11.0.